The molecule has 79 heavy (non-hydrogen) atoms. The number of hydrogen-bond donors (Lipinski definition) is 1. The van der Waals surface area contributed by atoms with Crippen molar-refractivity contribution in [3.63, 3.8) is 0 Å². The maximum absolute atomic E-state index is 15.5. The lowest BCUT2D eigenvalue weighted by Crippen LogP contribution is -2.51. The second-order valence-electron chi connectivity index (χ2n) is 25.1. The summed E-state index contributed by atoms with van der Waals surface area (Å²) in [7, 11) is 4.25. The number of nitriles is 2. The Labute approximate surface area is 463 Å². The second kappa shape index (κ2) is 22.1. The Balaban J connectivity index is 0.000000170. The number of halogens is 2. The highest BCUT2D eigenvalue weighted by Gasteiger charge is 2.53. The Morgan fingerprint density at radius 1 is 0.722 bits per heavy atom. The zero-order valence-corrected chi connectivity index (χ0v) is 46.4. The topological polar surface area (TPSA) is 174 Å². The van der Waals surface area contributed by atoms with Gasteiger partial charge >= 0.3 is 6.09 Å². The third-order valence-electron chi connectivity index (χ3n) is 18.7. The van der Waals surface area contributed by atoms with Crippen molar-refractivity contribution in [1.82, 2.24) is 30.0 Å². The molecule has 12 rings (SSSR count). The van der Waals surface area contributed by atoms with E-state index in [-0.39, 0.29) is 72.3 Å². The van der Waals surface area contributed by atoms with Gasteiger partial charge in [0.05, 0.1) is 71.9 Å². The number of likely N-dealkylation sites (tertiary alicyclic amines) is 3. The molecule has 2 aromatic carbocycles. The van der Waals surface area contributed by atoms with E-state index >= 15 is 8.78 Å². The van der Waals surface area contributed by atoms with Crippen molar-refractivity contribution in [2.24, 2.45) is 23.7 Å². The maximum Gasteiger partial charge on any atom is 0.411 e. The van der Waals surface area contributed by atoms with Gasteiger partial charge in [-0.3, -0.25) is 24.5 Å². The van der Waals surface area contributed by atoms with Crippen LogP contribution in [0.1, 0.15) is 131 Å². The first-order chi connectivity index (χ1) is 37.9. The van der Waals surface area contributed by atoms with E-state index < -0.39 is 35.4 Å². The molecule has 16 heteroatoms. The number of pyridine rings is 2. The van der Waals surface area contributed by atoms with Gasteiger partial charge in [-0.15, -0.1) is 0 Å². The Kier molecular flexibility index (Phi) is 15.4. The van der Waals surface area contributed by atoms with Gasteiger partial charge in [-0.2, -0.15) is 10.5 Å². The number of fused-ring (bicyclic) bond motifs is 8. The van der Waals surface area contributed by atoms with Gasteiger partial charge in [0.25, 0.3) is 0 Å². The molecule has 8 atom stereocenters. The summed E-state index contributed by atoms with van der Waals surface area (Å²) in [6, 6.07) is 18.4. The molecule has 8 heterocycles. The lowest BCUT2D eigenvalue weighted by molar-refractivity contribution is -0.126. The molecule has 6 fully saturated rings. The summed E-state index contributed by atoms with van der Waals surface area (Å²) in [6.07, 6.45) is 13.2. The molecule has 8 aliphatic rings. The molecule has 14 nitrogen and oxygen atoms in total. The van der Waals surface area contributed by atoms with Crippen molar-refractivity contribution < 1.29 is 37.4 Å². The van der Waals surface area contributed by atoms with Gasteiger partial charge in [-0.25, -0.2) is 13.6 Å². The molecule has 0 unspecified atom stereocenters. The van der Waals surface area contributed by atoms with E-state index in [0.717, 1.165) is 113 Å². The van der Waals surface area contributed by atoms with Crippen molar-refractivity contribution >= 4 is 17.7 Å². The first kappa shape index (κ1) is 54.9. The van der Waals surface area contributed by atoms with Gasteiger partial charge in [0.15, 0.2) is 11.6 Å². The van der Waals surface area contributed by atoms with E-state index in [1.807, 2.05) is 51.4 Å². The van der Waals surface area contributed by atoms with Gasteiger partial charge in [-0.1, -0.05) is 24.3 Å². The molecule has 2 spiro atoms. The lowest BCUT2D eigenvalue weighted by Gasteiger charge is -2.37. The van der Waals surface area contributed by atoms with Crippen LogP contribution in [0.2, 0.25) is 0 Å². The van der Waals surface area contributed by atoms with Crippen molar-refractivity contribution in [2.45, 2.75) is 165 Å². The van der Waals surface area contributed by atoms with Gasteiger partial charge < -0.3 is 29.3 Å². The number of aromatic nitrogens is 2. The highest BCUT2D eigenvalue weighted by atomic mass is 19.1. The van der Waals surface area contributed by atoms with Crippen LogP contribution in [0.3, 0.4) is 0 Å². The quantitative estimate of drug-likeness (QED) is 0.142. The number of Topliss-reactive ketones (excluding diaryl/α,β-unsaturated/α-hetero) is 2. The normalized spacial score (nSPS) is 26.0. The number of carbonyl (C=O) groups is 3. The zero-order valence-electron chi connectivity index (χ0n) is 46.4. The standard InChI is InChI=1S/C34H41FN4O4.C29H33FN4O2/c1-33(2,3)43-32(41)39-26-8-7-24(15-26)31(39)30(40)14-21(18-36)13-22-5-6-23(16-28(22)35)29-17-27-25(19-37-29)20-42-34(27)9-11-38(4)12-10-34;1-34-8-6-29(7-9-34)24-14-26(32-16-22(24)17-36-29)20-3-2-19(25(30)13-20)10-18(15-31)11-27(35)28-21-4-5-23(12-21)33-28/h5-6,16-17,19,21,24,26,31H,7-15,20H2,1-4H3;2-3,13-14,16,18,21,23,28,33H,4-12,17H2,1H3/t21-,24+,26-,31+;18-,21+,23-,28+/m11/s1. The van der Waals surface area contributed by atoms with Crippen LogP contribution >= 0.6 is 0 Å². The van der Waals surface area contributed by atoms with Gasteiger partial charge in [0.1, 0.15) is 17.2 Å². The number of amides is 1. The Hall–Kier alpha value is -6.01. The Bertz CT molecular complexity index is 3080. The fourth-order valence-electron chi connectivity index (χ4n) is 14.3. The molecule has 2 aliphatic carbocycles. The SMILES string of the molecule is CN1CCC2(CC1)OCc1cnc(-c3ccc(C[C@@H](C#N)CC(=O)[C@@H]4[C@H]5CC[C@H](C5)N4C(=O)OC(C)(C)C)c(F)c3)cc12.CN1CCC2(CC1)OCc1cnc(-c3ccc(C[C@@H](C#N)CC(=O)[C@H]4N[C@@H]5CC[C@H]4C5)c(F)c3)cc12. The lowest BCUT2D eigenvalue weighted by atomic mass is 9.83. The van der Waals surface area contributed by atoms with Crippen LogP contribution in [0.4, 0.5) is 13.6 Å². The summed E-state index contributed by atoms with van der Waals surface area (Å²) >= 11 is 0. The number of hydrogen-bond acceptors (Lipinski definition) is 13. The minimum absolute atomic E-state index is 0.00644. The van der Waals surface area contributed by atoms with Crippen LogP contribution in [0.15, 0.2) is 60.9 Å². The third kappa shape index (κ3) is 11.3. The first-order valence-corrected chi connectivity index (χ1v) is 28.7. The predicted molar refractivity (Wildman–Crippen MR) is 292 cm³/mol. The largest absolute Gasteiger partial charge is 0.444 e. The molecule has 0 radical (unpaired) electrons. The highest BCUT2D eigenvalue weighted by Crippen LogP contribution is 2.48. The summed E-state index contributed by atoms with van der Waals surface area (Å²) < 4.78 is 48.8. The average Bonchev–Trinajstić information content (AvgIpc) is 4.54. The van der Waals surface area contributed by atoms with Gasteiger partial charge in [0.2, 0.25) is 0 Å². The molecule has 4 aromatic rings. The van der Waals surface area contributed by atoms with E-state index in [2.05, 4.69) is 57.4 Å². The molecule has 416 valence electrons. The number of ketones is 2. The summed E-state index contributed by atoms with van der Waals surface area (Å²) in [6.45, 7) is 10.4. The molecular formula is C63H74F2N8O6. The number of rotatable bonds is 12. The minimum Gasteiger partial charge on any atom is -0.444 e. The van der Waals surface area contributed by atoms with Crippen molar-refractivity contribution in [1.29, 1.82) is 10.5 Å². The van der Waals surface area contributed by atoms with E-state index in [1.165, 1.54) is 17.7 Å². The third-order valence-corrected chi connectivity index (χ3v) is 18.7. The second-order valence-corrected chi connectivity index (χ2v) is 25.1. The van der Waals surface area contributed by atoms with E-state index in [4.69, 9.17) is 14.2 Å². The number of nitrogens with zero attached hydrogens (tertiary/aromatic N) is 7. The Morgan fingerprint density at radius 3 is 1.68 bits per heavy atom. The van der Waals surface area contributed by atoms with E-state index in [9.17, 15) is 24.9 Å². The first-order valence-electron chi connectivity index (χ1n) is 28.7. The fourth-order valence-corrected chi connectivity index (χ4v) is 14.3. The van der Waals surface area contributed by atoms with Gasteiger partial charge in [0, 0.05) is 85.8 Å². The highest BCUT2D eigenvalue weighted by molar-refractivity contribution is 5.89. The van der Waals surface area contributed by atoms with Crippen LogP contribution in [0.25, 0.3) is 22.5 Å². The molecule has 4 saturated heterocycles. The smallest absolute Gasteiger partial charge is 0.411 e. The number of piperidine rings is 4. The summed E-state index contributed by atoms with van der Waals surface area (Å²) in [4.78, 5) is 54.8. The summed E-state index contributed by atoms with van der Waals surface area (Å²) in [5.41, 5.74) is 6.97. The maximum atomic E-state index is 15.5. The van der Waals surface area contributed by atoms with Crippen LogP contribution < -0.4 is 5.32 Å². The molecule has 1 N–H and O–H groups in total. The molecule has 4 bridgehead atoms. The minimum atomic E-state index is -0.702. The van der Waals surface area contributed by atoms with Crippen LogP contribution in [-0.4, -0.2) is 112 Å². The van der Waals surface area contributed by atoms with Gasteiger partial charge in [-0.05, 0) is 170 Å². The van der Waals surface area contributed by atoms with Crippen LogP contribution in [0.5, 0.6) is 0 Å². The fraction of sp³-hybridized carbons (Fsp3) is 0.571. The molecule has 2 saturated carbocycles. The van der Waals surface area contributed by atoms with Crippen molar-refractivity contribution in [3.05, 3.63) is 106 Å². The number of carbonyl (C=O) groups excluding carboxylic acids is 3. The Morgan fingerprint density at radius 2 is 1.23 bits per heavy atom. The zero-order chi connectivity index (χ0) is 55.4. The van der Waals surface area contributed by atoms with Crippen molar-refractivity contribution in [2.75, 3.05) is 40.3 Å². The van der Waals surface area contributed by atoms with E-state index in [1.54, 1.807) is 17.0 Å². The van der Waals surface area contributed by atoms with Crippen LogP contribution in [-0.2, 0) is 61.1 Å². The number of nitrogens with one attached hydrogen (secondary N) is 1. The predicted octanol–water partition coefficient (Wildman–Crippen LogP) is 9.89. The van der Waals surface area contributed by atoms with E-state index in [0.29, 0.717) is 53.1 Å². The average molecular weight is 1080 g/mol. The summed E-state index contributed by atoms with van der Waals surface area (Å²) in [5, 5.41) is 23.0. The van der Waals surface area contributed by atoms with Crippen LogP contribution in [0, 0.1) is 58.0 Å². The number of benzene rings is 2. The number of ether oxygens (including phenoxy) is 3. The molecular weight excluding hydrogens is 1000 g/mol. The molecule has 6 aliphatic heterocycles. The molecule has 1 amide bonds. The summed E-state index contributed by atoms with van der Waals surface area (Å²) in [5.74, 6) is -1.58. The molecule has 2 aromatic heterocycles. The van der Waals surface area contributed by atoms with Crippen molar-refractivity contribution in [3.8, 4) is 34.7 Å². The monoisotopic (exact) mass is 1080 g/mol.